The number of aryl methyl sites for hydroxylation is 1. The van der Waals surface area contributed by atoms with E-state index in [0.29, 0.717) is 5.76 Å². The lowest BCUT2D eigenvalue weighted by Crippen LogP contribution is -2.38. The van der Waals surface area contributed by atoms with Crippen molar-refractivity contribution in [2.24, 2.45) is 7.05 Å². The van der Waals surface area contributed by atoms with Gasteiger partial charge in [0.2, 0.25) is 5.91 Å². The Morgan fingerprint density at radius 3 is 2.78 bits per heavy atom. The van der Waals surface area contributed by atoms with E-state index in [4.69, 9.17) is 4.42 Å². The largest absolute Gasteiger partial charge is 0.467 e. The number of nitrogens with one attached hydrogen (secondary N) is 2. The molecule has 2 aromatic heterocycles. The van der Waals surface area contributed by atoms with Crippen LogP contribution in [0.15, 0.2) is 35.1 Å². The molecule has 2 amide bonds. The monoisotopic (exact) mass is 320 g/mol. The van der Waals surface area contributed by atoms with Gasteiger partial charge in [-0.15, -0.1) is 0 Å². The van der Waals surface area contributed by atoms with Gasteiger partial charge in [0.15, 0.2) is 0 Å². The number of nitro groups is 1. The fourth-order valence-corrected chi connectivity index (χ4v) is 2.03. The maximum absolute atomic E-state index is 12.0. The predicted molar refractivity (Wildman–Crippen MR) is 79.7 cm³/mol. The highest BCUT2D eigenvalue weighted by Crippen LogP contribution is 2.15. The number of hydrogen-bond acceptors (Lipinski definition) is 5. The van der Waals surface area contributed by atoms with E-state index in [9.17, 15) is 19.7 Å². The minimum absolute atomic E-state index is 0.101. The molecule has 122 valence electrons. The second kappa shape index (κ2) is 6.77. The van der Waals surface area contributed by atoms with Gasteiger partial charge in [0.05, 0.1) is 30.0 Å². The average molecular weight is 320 g/mol. The fraction of sp³-hybridized carbons (Fsp3) is 0.286. The number of furan rings is 1. The standard InChI is InChI=1S/C14H16N4O5/c1-9(12-4-3-5-23-12)16-13(19)7-15-14(20)11-6-10(18(21)22)8-17(11)2/h3-6,8-9H,7H2,1-2H3,(H,15,20)(H,16,19). The van der Waals surface area contributed by atoms with Crippen LogP contribution in [0.25, 0.3) is 0 Å². The zero-order chi connectivity index (χ0) is 17.0. The van der Waals surface area contributed by atoms with Crippen molar-refractivity contribution in [3.05, 3.63) is 52.2 Å². The third-order valence-corrected chi connectivity index (χ3v) is 3.19. The Morgan fingerprint density at radius 2 is 2.22 bits per heavy atom. The topological polar surface area (TPSA) is 119 Å². The molecule has 2 N–H and O–H groups in total. The van der Waals surface area contributed by atoms with E-state index in [-0.39, 0.29) is 24.0 Å². The predicted octanol–water partition coefficient (Wildman–Crippen LogP) is 1.13. The van der Waals surface area contributed by atoms with Crippen molar-refractivity contribution in [3.8, 4) is 0 Å². The summed E-state index contributed by atoms with van der Waals surface area (Å²) in [6, 6.07) is 4.26. The molecule has 0 aliphatic heterocycles. The minimum atomic E-state index is -0.589. The van der Waals surface area contributed by atoms with Crippen molar-refractivity contribution < 1.29 is 18.9 Å². The van der Waals surface area contributed by atoms with Crippen LogP contribution < -0.4 is 10.6 Å². The summed E-state index contributed by atoms with van der Waals surface area (Å²) in [6.07, 6.45) is 2.73. The molecule has 0 fully saturated rings. The summed E-state index contributed by atoms with van der Waals surface area (Å²) in [5, 5.41) is 15.8. The van der Waals surface area contributed by atoms with E-state index in [1.165, 1.54) is 24.1 Å². The first-order valence-electron chi connectivity index (χ1n) is 6.80. The summed E-state index contributed by atoms with van der Waals surface area (Å²) in [7, 11) is 1.51. The van der Waals surface area contributed by atoms with Crippen molar-refractivity contribution in [2.45, 2.75) is 13.0 Å². The molecule has 1 atom stereocenters. The molecule has 2 rings (SSSR count). The quantitative estimate of drug-likeness (QED) is 0.611. The van der Waals surface area contributed by atoms with Gasteiger partial charge in [-0.05, 0) is 19.1 Å². The third kappa shape index (κ3) is 3.96. The lowest BCUT2D eigenvalue weighted by Gasteiger charge is -2.12. The Morgan fingerprint density at radius 1 is 1.48 bits per heavy atom. The van der Waals surface area contributed by atoms with Crippen LogP contribution >= 0.6 is 0 Å². The zero-order valence-corrected chi connectivity index (χ0v) is 12.6. The number of hydrogen-bond donors (Lipinski definition) is 2. The highest BCUT2D eigenvalue weighted by Gasteiger charge is 2.18. The summed E-state index contributed by atoms with van der Waals surface area (Å²) in [5.41, 5.74) is -0.0860. The number of rotatable bonds is 6. The molecule has 0 aliphatic rings. The Hall–Kier alpha value is -3.10. The Kier molecular flexibility index (Phi) is 4.79. The van der Waals surface area contributed by atoms with E-state index >= 15 is 0 Å². The molecule has 0 aliphatic carbocycles. The Bertz CT molecular complexity index is 720. The Labute approximate surface area is 131 Å². The second-order valence-electron chi connectivity index (χ2n) is 4.94. The molecule has 23 heavy (non-hydrogen) atoms. The maximum Gasteiger partial charge on any atom is 0.287 e. The summed E-state index contributed by atoms with van der Waals surface area (Å²) in [4.78, 5) is 33.9. The molecular formula is C14H16N4O5. The van der Waals surface area contributed by atoms with Gasteiger partial charge in [-0.3, -0.25) is 19.7 Å². The third-order valence-electron chi connectivity index (χ3n) is 3.19. The second-order valence-corrected chi connectivity index (χ2v) is 4.94. The van der Waals surface area contributed by atoms with Gasteiger partial charge in [0, 0.05) is 13.1 Å². The molecule has 0 aromatic carbocycles. The van der Waals surface area contributed by atoms with Crippen LogP contribution in [0.3, 0.4) is 0 Å². The first-order valence-corrected chi connectivity index (χ1v) is 6.80. The Balaban J connectivity index is 1.89. The van der Waals surface area contributed by atoms with Gasteiger partial charge >= 0.3 is 0 Å². The molecule has 9 heteroatoms. The van der Waals surface area contributed by atoms with Gasteiger partial charge in [-0.25, -0.2) is 0 Å². The molecule has 2 heterocycles. The van der Waals surface area contributed by atoms with E-state index < -0.39 is 16.7 Å². The highest BCUT2D eigenvalue weighted by atomic mass is 16.6. The smallest absolute Gasteiger partial charge is 0.287 e. The van der Waals surface area contributed by atoms with Crippen LogP contribution in [0.4, 0.5) is 5.69 Å². The van der Waals surface area contributed by atoms with Crippen LogP contribution in [0.2, 0.25) is 0 Å². The maximum atomic E-state index is 12.0. The molecule has 0 radical (unpaired) electrons. The van der Waals surface area contributed by atoms with E-state index in [1.54, 1.807) is 19.1 Å². The summed E-state index contributed by atoms with van der Waals surface area (Å²) >= 11 is 0. The first kappa shape index (κ1) is 16.3. The molecule has 0 bridgehead atoms. The van der Waals surface area contributed by atoms with Crippen molar-refractivity contribution in [2.75, 3.05) is 6.54 Å². The number of nitrogens with zero attached hydrogens (tertiary/aromatic N) is 2. The van der Waals surface area contributed by atoms with Crippen LogP contribution in [0.5, 0.6) is 0 Å². The molecule has 0 saturated heterocycles. The van der Waals surface area contributed by atoms with E-state index in [1.807, 2.05) is 0 Å². The molecule has 0 saturated carbocycles. The van der Waals surface area contributed by atoms with Crippen molar-refractivity contribution >= 4 is 17.5 Å². The molecule has 1 unspecified atom stereocenters. The minimum Gasteiger partial charge on any atom is -0.467 e. The summed E-state index contributed by atoms with van der Waals surface area (Å²) in [5.74, 6) is -0.366. The zero-order valence-electron chi connectivity index (χ0n) is 12.6. The molecule has 0 spiro atoms. The summed E-state index contributed by atoms with van der Waals surface area (Å²) in [6.45, 7) is 1.50. The van der Waals surface area contributed by atoms with Crippen LogP contribution in [0, 0.1) is 10.1 Å². The first-order chi connectivity index (χ1) is 10.9. The van der Waals surface area contributed by atoms with Gasteiger partial charge < -0.3 is 19.6 Å². The number of aromatic nitrogens is 1. The van der Waals surface area contributed by atoms with Crippen LogP contribution in [-0.4, -0.2) is 27.8 Å². The molecule has 2 aromatic rings. The number of carbonyl (C=O) groups is 2. The van der Waals surface area contributed by atoms with Gasteiger partial charge in [-0.2, -0.15) is 0 Å². The highest BCUT2D eigenvalue weighted by molar-refractivity contribution is 5.95. The van der Waals surface area contributed by atoms with Gasteiger partial charge in [0.1, 0.15) is 11.5 Å². The molecular weight excluding hydrogens is 304 g/mol. The SMILES string of the molecule is CC(NC(=O)CNC(=O)c1cc([N+](=O)[O-])cn1C)c1ccco1. The fourth-order valence-electron chi connectivity index (χ4n) is 2.03. The van der Waals surface area contributed by atoms with Gasteiger partial charge in [0.25, 0.3) is 11.6 Å². The lowest BCUT2D eigenvalue weighted by atomic mass is 10.2. The summed E-state index contributed by atoms with van der Waals surface area (Å²) < 4.78 is 6.49. The lowest BCUT2D eigenvalue weighted by molar-refractivity contribution is -0.384. The van der Waals surface area contributed by atoms with Crippen LogP contribution in [0.1, 0.15) is 29.2 Å². The molecule has 9 nitrogen and oxygen atoms in total. The van der Waals surface area contributed by atoms with Crippen molar-refractivity contribution in [1.82, 2.24) is 15.2 Å². The van der Waals surface area contributed by atoms with Crippen LogP contribution in [-0.2, 0) is 11.8 Å². The number of amides is 2. The van der Waals surface area contributed by atoms with E-state index in [0.717, 1.165) is 6.07 Å². The number of carbonyl (C=O) groups excluding carboxylic acids is 2. The van der Waals surface area contributed by atoms with E-state index in [2.05, 4.69) is 10.6 Å². The van der Waals surface area contributed by atoms with Crippen molar-refractivity contribution in [3.63, 3.8) is 0 Å². The van der Waals surface area contributed by atoms with Gasteiger partial charge in [-0.1, -0.05) is 0 Å². The average Bonchev–Trinajstić information content (AvgIpc) is 3.14. The van der Waals surface area contributed by atoms with Crippen molar-refractivity contribution in [1.29, 1.82) is 0 Å². The normalized spacial score (nSPS) is 11.7.